The Morgan fingerprint density at radius 3 is 2.83 bits per heavy atom. The maximum Gasteiger partial charge on any atom is 0.317 e. The van der Waals surface area contributed by atoms with Gasteiger partial charge in [-0.15, -0.1) is 0 Å². The van der Waals surface area contributed by atoms with E-state index in [-0.39, 0.29) is 25.0 Å². The van der Waals surface area contributed by atoms with Crippen molar-refractivity contribution in [3.05, 3.63) is 22.4 Å². The molecule has 0 aliphatic heterocycles. The number of carboxylic acid groups (broad SMARTS) is 1. The van der Waals surface area contributed by atoms with Crippen LogP contribution in [0.2, 0.25) is 0 Å². The minimum Gasteiger partial charge on any atom is -0.481 e. The van der Waals surface area contributed by atoms with E-state index >= 15 is 0 Å². The molecule has 0 radical (unpaired) electrons. The Morgan fingerprint density at radius 1 is 1.50 bits per heavy atom. The largest absolute Gasteiger partial charge is 0.481 e. The number of carbonyl (C=O) groups excluding carboxylic acids is 1. The second kappa shape index (κ2) is 5.86. The van der Waals surface area contributed by atoms with Gasteiger partial charge in [-0.25, -0.2) is 4.79 Å². The molecular weight excluding hydrogens is 252 g/mol. The molecule has 1 saturated carbocycles. The highest BCUT2D eigenvalue weighted by atomic mass is 32.1. The summed E-state index contributed by atoms with van der Waals surface area (Å²) in [5, 5.41) is 15.4. The highest BCUT2D eigenvalue weighted by Gasteiger charge is 2.32. The first-order chi connectivity index (χ1) is 8.66. The molecular formula is C12H16N2O3S. The van der Waals surface area contributed by atoms with Crippen LogP contribution in [0.25, 0.3) is 0 Å². The van der Waals surface area contributed by atoms with Gasteiger partial charge in [0, 0.05) is 19.1 Å². The van der Waals surface area contributed by atoms with Crippen molar-refractivity contribution in [3.63, 3.8) is 0 Å². The number of hydrogen-bond donors (Lipinski definition) is 2. The number of urea groups is 1. The number of carboxylic acids is 1. The summed E-state index contributed by atoms with van der Waals surface area (Å²) >= 11 is 1.59. The summed E-state index contributed by atoms with van der Waals surface area (Å²) in [4.78, 5) is 24.2. The normalized spacial score (nSPS) is 14.2. The number of aliphatic carboxylic acids is 1. The van der Waals surface area contributed by atoms with Gasteiger partial charge in [0.1, 0.15) is 0 Å². The number of nitrogens with one attached hydrogen (secondary N) is 1. The number of thiophene rings is 1. The van der Waals surface area contributed by atoms with E-state index in [0.29, 0.717) is 6.54 Å². The van der Waals surface area contributed by atoms with E-state index in [9.17, 15) is 9.59 Å². The molecule has 2 rings (SSSR count). The van der Waals surface area contributed by atoms with Crippen molar-refractivity contribution in [1.29, 1.82) is 0 Å². The summed E-state index contributed by atoms with van der Waals surface area (Å²) in [7, 11) is 0. The predicted molar refractivity (Wildman–Crippen MR) is 68.5 cm³/mol. The van der Waals surface area contributed by atoms with Crippen LogP contribution >= 0.6 is 11.3 Å². The van der Waals surface area contributed by atoms with E-state index in [4.69, 9.17) is 5.11 Å². The van der Waals surface area contributed by atoms with E-state index in [0.717, 1.165) is 18.4 Å². The number of carbonyl (C=O) groups is 2. The number of amides is 2. The topological polar surface area (TPSA) is 69.6 Å². The average molecular weight is 268 g/mol. The zero-order valence-corrected chi connectivity index (χ0v) is 10.8. The molecule has 0 spiro atoms. The lowest BCUT2D eigenvalue weighted by Crippen LogP contribution is -2.42. The summed E-state index contributed by atoms with van der Waals surface area (Å²) in [5.74, 6) is -0.869. The Bertz CT molecular complexity index is 415. The smallest absolute Gasteiger partial charge is 0.317 e. The number of hydrogen-bond acceptors (Lipinski definition) is 3. The van der Waals surface area contributed by atoms with Gasteiger partial charge < -0.3 is 15.3 Å². The van der Waals surface area contributed by atoms with Crippen LogP contribution in [0.4, 0.5) is 4.79 Å². The van der Waals surface area contributed by atoms with Crippen LogP contribution in [-0.2, 0) is 11.3 Å². The first-order valence-electron chi connectivity index (χ1n) is 5.94. The minimum absolute atomic E-state index is 0.00235. The van der Waals surface area contributed by atoms with E-state index in [1.807, 2.05) is 16.8 Å². The molecule has 5 nitrogen and oxygen atoms in total. The summed E-state index contributed by atoms with van der Waals surface area (Å²) in [6.45, 7) is 0.786. The van der Waals surface area contributed by atoms with Crippen molar-refractivity contribution in [2.75, 3.05) is 6.54 Å². The van der Waals surface area contributed by atoms with Crippen molar-refractivity contribution in [2.24, 2.45) is 0 Å². The molecule has 0 unspecified atom stereocenters. The fraction of sp³-hybridized carbons (Fsp3) is 0.500. The highest BCUT2D eigenvalue weighted by Crippen LogP contribution is 2.27. The molecule has 2 amide bonds. The maximum atomic E-state index is 12.0. The SMILES string of the molecule is O=C(O)CCN(C(=O)NCc1ccsc1)C1CC1. The van der Waals surface area contributed by atoms with E-state index in [1.54, 1.807) is 16.2 Å². The van der Waals surface area contributed by atoms with Crippen LogP contribution in [0.1, 0.15) is 24.8 Å². The van der Waals surface area contributed by atoms with Gasteiger partial charge in [-0.3, -0.25) is 4.79 Å². The number of rotatable bonds is 6. The van der Waals surface area contributed by atoms with Gasteiger partial charge in [0.25, 0.3) is 0 Å². The zero-order chi connectivity index (χ0) is 13.0. The second-order valence-electron chi connectivity index (χ2n) is 4.36. The van der Waals surface area contributed by atoms with Crippen LogP contribution in [-0.4, -0.2) is 34.6 Å². The maximum absolute atomic E-state index is 12.0. The molecule has 0 aromatic carbocycles. The van der Waals surface area contributed by atoms with Crippen molar-refractivity contribution in [3.8, 4) is 0 Å². The minimum atomic E-state index is -0.869. The van der Waals surface area contributed by atoms with Crippen LogP contribution < -0.4 is 5.32 Å². The monoisotopic (exact) mass is 268 g/mol. The molecule has 18 heavy (non-hydrogen) atoms. The van der Waals surface area contributed by atoms with Gasteiger partial charge in [0.05, 0.1) is 6.42 Å². The van der Waals surface area contributed by atoms with E-state index < -0.39 is 5.97 Å². The zero-order valence-electron chi connectivity index (χ0n) is 9.96. The second-order valence-corrected chi connectivity index (χ2v) is 5.14. The van der Waals surface area contributed by atoms with Crippen molar-refractivity contribution >= 4 is 23.3 Å². The third kappa shape index (κ3) is 3.73. The quantitative estimate of drug-likeness (QED) is 0.828. The van der Waals surface area contributed by atoms with Crippen LogP contribution in [0.5, 0.6) is 0 Å². The lowest BCUT2D eigenvalue weighted by molar-refractivity contribution is -0.137. The van der Waals surface area contributed by atoms with E-state index in [1.165, 1.54) is 0 Å². The molecule has 1 aliphatic carbocycles. The first kappa shape index (κ1) is 12.9. The van der Waals surface area contributed by atoms with Crippen LogP contribution in [0.3, 0.4) is 0 Å². The predicted octanol–water partition coefficient (Wildman–Crippen LogP) is 1.90. The molecule has 6 heteroatoms. The molecule has 0 bridgehead atoms. The van der Waals surface area contributed by atoms with E-state index in [2.05, 4.69) is 5.32 Å². The molecule has 1 aromatic rings. The summed E-state index contributed by atoms with van der Waals surface area (Å²) in [6, 6.07) is 2.03. The fourth-order valence-electron chi connectivity index (χ4n) is 1.72. The Hall–Kier alpha value is -1.56. The molecule has 1 fully saturated rings. The standard InChI is InChI=1S/C12H16N2O3S/c15-11(16)3-5-14(10-1-2-10)12(17)13-7-9-4-6-18-8-9/h4,6,8,10H,1-3,5,7H2,(H,13,17)(H,15,16). The molecule has 1 aliphatic rings. The fourth-order valence-corrected chi connectivity index (χ4v) is 2.39. The molecule has 1 heterocycles. The summed E-state index contributed by atoms with van der Waals surface area (Å²) < 4.78 is 0. The Balaban J connectivity index is 1.81. The van der Waals surface area contributed by atoms with Gasteiger partial charge in [-0.05, 0) is 35.2 Å². The third-order valence-electron chi connectivity index (χ3n) is 2.84. The van der Waals surface area contributed by atoms with Gasteiger partial charge in [0.15, 0.2) is 0 Å². The molecule has 98 valence electrons. The lowest BCUT2D eigenvalue weighted by atomic mass is 10.3. The molecule has 0 saturated heterocycles. The van der Waals surface area contributed by atoms with Gasteiger partial charge >= 0.3 is 12.0 Å². The summed E-state index contributed by atoms with van der Waals surface area (Å²) in [5.41, 5.74) is 1.07. The van der Waals surface area contributed by atoms with Gasteiger partial charge in [-0.1, -0.05) is 0 Å². The highest BCUT2D eigenvalue weighted by molar-refractivity contribution is 7.07. The lowest BCUT2D eigenvalue weighted by Gasteiger charge is -2.21. The van der Waals surface area contributed by atoms with Gasteiger partial charge in [-0.2, -0.15) is 11.3 Å². The Morgan fingerprint density at radius 2 is 2.28 bits per heavy atom. The third-order valence-corrected chi connectivity index (χ3v) is 3.57. The van der Waals surface area contributed by atoms with Crippen LogP contribution in [0, 0.1) is 0 Å². The molecule has 2 N–H and O–H groups in total. The Labute approximate surface area is 109 Å². The van der Waals surface area contributed by atoms with Crippen LogP contribution in [0.15, 0.2) is 16.8 Å². The van der Waals surface area contributed by atoms with Crippen molar-refractivity contribution in [2.45, 2.75) is 31.8 Å². The molecule has 1 aromatic heterocycles. The molecule has 0 atom stereocenters. The first-order valence-corrected chi connectivity index (χ1v) is 6.88. The number of nitrogens with zero attached hydrogens (tertiary/aromatic N) is 1. The van der Waals surface area contributed by atoms with Crippen molar-refractivity contribution < 1.29 is 14.7 Å². The van der Waals surface area contributed by atoms with Crippen molar-refractivity contribution in [1.82, 2.24) is 10.2 Å². The average Bonchev–Trinajstić information content (AvgIpc) is 3.03. The Kier molecular flexibility index (Phi) is 4.19. The van der Waals surface area contributed by atoms with Gasteiger partial charge in [0.2, 0.25) is 0 Å². The summed E-state index contributed by atoms with van der Waals surface area (Å²) in [6.07, 6.45) is 1.96.